The molecule has 2 nitrogen and oxygen atoms in total. The number of aromatic nitrogens is 1. The zero-order chi connectivity index (χ0) is 14.8. The average Bonchev–Trinajstić information content (AvgIpc) is 3.16. The highest BCUT2D eigenvalue weighted by Gasteiger charge is 2.35. The smallest absolute Gasteiger partial charge is 0.0455 e. The van der Waals surface area contributed by atoms with Crippen molar-refractivity contribution in [3.8, 4) is 5.69 Å². The molecule has 2 aromatic rings. The molecule has 1 saturated carbocycles. The second-order valence-electron chi connectivity index (χ2n) is 6.34. The van der Waals surface area contributed by atoms with E-state index in [1.165, 1.54) is 41.9 Å². The third-order valence-electron chi connectivity index (χ3n) is 4.69. The first-order valence-corrected chi connectivity index (χ1v) is 8.17. The van der Waals surface area contributed by atoms with Gasteiger partial charge in [-0.2, -0.15) is 0 Å². The summed E-state index contributed by atoms with van der Waals surface area (Å²) in [6.45, 7) is 7.70. The lowest BCUT2D eigenvalue weighted by Gasteiger charge is -2.10. The van der Waals surface area contributed by atoms with Gasteiger partial charge in [0, 0.05) is 29.7 Å². The van der Waals surface area contributed by atoms with E-state index in [2.05, 4.69) is 67.1 Å². The summed E-state index contributed by atoms with van der Waals surface area (Å²) in [6.07, 6.45) is 4.05. The van der Waals surface area contributed by atoms with Crippen LogP contribution in [0.25, 0.3) is 5.69 Å². The van der Waals surface area contributed by atoms with E-state index in [0.717, 1.165) is 18.5 Å². The molecule has 2 unspecified atom stereocenters. The van der Waals surface area contributed by atoms with Crippen LogP contribution < -0.4 is 5.32 Å². The second-order valence-corrected chi connectivity index (χ2v) is 6.34. The first-order chi connectivity index (χ1) is 10.2. The van der Waals surface area contributed by atoms with Crippen LogP contribution in [0.4, 0.5) is 0 Å². The molecule has 1 aromatic carbocycles. The molecular weight excluding hydrogens is 256 g/mol. The molecule has 21 heavy (non-hydrogen) atoms. The summed E-state index contributed by atoms with van der Waals surface area (Å²) in [7, 11) is 0. The van der Waals surface area contributed by atoms with Gasteiger partial charge in [-0.25, -0.2) is 0 Å². The van der Waals surface area contributed by atoms with Gasteiger partial charge in [-0.3, -0.25) is 0 Å². The molecule has 0 bridgehead atoms. The minimum absolute atomic E-state index is 0.754. The molecule has 1 aromatic heterocycles. The molecule has 1 aliphatic carbocycles. The Bertz CT molecular complexity index is 598. The van der Waals surface area contributed by atoms with Crippen molar-refractivity contribution in [1.82, 2.24) is 9.88 Å². The Balaban J connectivity index is 1.70. The molecule has 1 aliphatic rings. The Morgan fingerprint density at radius 2 is 1.95 bits per heavy atom. The average molecular weight is 282 g/mol. The number of rotatable bonds is 6. The van der Waals surface area contributed by atoms with Crippen LogP contribution in [0.2, 0.25) is 0 Å². The van der Waals surface area contributed by atoms with Crippen LogP contribution >= 0.6 is 0 Å². The van der Waals surface area contributed by atoms with Crippen molar-refractivity contribution in [3.63, 3.8) is 0 Å². The normalized spacial score (nSPS) is 20.7. The fourth-order valence-electron chi connectivity index (χ4n) is 3.41. The standard InChI is InChI=1S/C19H26N2/c1-4-8-16-12-19(16)20-13-17-11-14(2)21(15(17)3)18-9-6-5-7-10-18/h5-7,9-11,16,19-20H,4,8,12-13H2,1-3H3. The van der Waals surface area contributed by atoms with Crippen molar-refractivity contribution >= 4 is 0 Å². The number of benzene rings is 1. The predicted molar refractivity (Wildman–Crippen MR) is 88.9 cm³/mol. The van der Waals surface area contributed by atoms with Crippen molar-refractivity contribution in [1.29, 1.82) is 0 Å². The molecule has 112 valence electrons. The van der Waals surface area contributed by atoms with E-state index in [1.54, 1.807) is 0 Å². The van der Waals surface area contributed by atoms with Crippen molar-refractivity contribution in [2.24, 2.45) is 5.92 Å². The summed E-state index contributed by atoms with van der Waals surface area (Å²) >= 11 is 0. The largest absolute Gasteiger partial charge is 0.318 e. The van der Waals surface area contributed by atoms with Crippen molar-refractivity contribution in [2.45, 2.75) is 52.6 Å². The summed E-state index contributed by atoms with van der Waals surface area (Å²) in [4.78, 5) is 0. The molecule has 0 saturated heterocycles. The maximum absolute atomic E-state index is 3.73. The lowest BCUT2D eigenvalue weighted by Crippen LogP contribution is -2.18. The fraction of sp³-hybridized carbons (Fsp3) is 0.474. The van der Waals surface area contributed by atoms with Gasteiger partial charge in [0.25, 0.3) is 0 Å². The molecular formula is C19H26N2. The van der Waals surface area contributed by atoms with E-state index in [4.69, 9.17) is 0 Å². The summed E-state index contributed by atoms with van der Waals surface area (Å²) in [5.74, 6) is 0.924. The fourth-order valence-corrected chi connectivity index (χ4v) is 3.41. The molecule has 1 heterocycles. The quantitative estimate of drug-likeness (QED) is 0.832. The molecule has 2 atom stereocenters. The number of nitrogens with zero attached hydrogens (tertiary/aromatic N) is 1. The van der Waals surface area contributed by atoms with E-state index in [9.17, 15) is 0 Å². The zero-order valence-electron chi connectivity index (χ0n) is 13.4. The number of para-hydroxylation sites is 1. The summed E-state index contributed by atoms with van der Waals surface area (Å²) in [5.41, 5.74) is 5.36. The SMILES string of the molecule is CCCC1CC1NCc1cc(C)n(-c2ccccc2)c1C. The van der Waals surface area contributed by atoms with E-state index >= 15 is 0 Å². The van der Waals surface area contributed by atoms with Crippen LogP contribution in [0.15, 0.2) is 36.4 Å². The molecule has 1 N–H and O–H groups in total. The van der Waals surface area contributed by atoms with Crippen LogP contribution in [-0.4, -0.2) is 10.6 Å². The topological polar surface area (TPSA) is 17.0 Å². The van der Waals surface area contributed by atoms with Gasteiger partial charge in [0.1, 0.15) is 0 Å². The second kappa shape index (κ2) is 6.07. The first kappa shape index (κ1) is 14.4. The van der Waals surface area contributed by atoms with E-state index in [-0.39, 0.29) is 0 Å². The Morgan fingerprint density at radius 3 is 2.67 bits per heavy atom. The maximum atomic E-state index is 3.73. The van der Waals surface area contributed by atoms with Gasteiger partial charge in [0.2, 0.25) is 0 Å². The van der Waals surface area contributed by atoms with Gasteiger partial charge in [-0.05, 0) is 56.4 Å². The lowest BCUT2D eigenvalue weighted by atomic mass is 10.2. The van der Waals surface area contributed by atoms with Crippen molar-refractivity contribution in [3.05, 3.63) is 53.3 Å². The minimum atomic E-state index is 0.754. The molecule has 0 radical (unpaired) electrons. The van der Waals surface area contributed by atoms with Crippen LogP contribution in [0.1, 0.15) is 43.1 Å². The molecule has 0 spiro atoms. The molecule has 2 heteroatoms. The number of nitrogens with one attached hydrogen (secondary N) is 1. The predicted octanol–water partition coefficient (Wildman–Crippen LogP) is 4.37. The third-order valence-corrected chi connectivity index (χ3v) is 4.69. The van der Waals surface area contributed by atoms with Crippen LogP contribution in [0.5, 0.6) is 0 Å². The van der Waals surface area contributed by atoms with E-state index in [0.29, 0.717) is 0 Å². The number of hydrogen-bond donors (Lipinski definition) is 1. The monoisotopic (exact) mass is 282 g/mol. The third kappa shape index (κ3) is 3.06. The number of aryl methyl sites for hydroxylation is 1. The minimum Gasteiger partial charge on any atom is -0.318 e. The molecule has 0 aliphatic heterocycles. The van der Waals surface area contributed by atoms with Crippen molar-refractivity contribution < 1.29 is 0 Å². The zero-order valence-corrected chi connectivity index (χ0v) is 13.4. The van der Waals surface area contributed by atoms with Crippen LogP contribution in [0, 0.1) is 19.8 Å². The summed E-state index contributed by atoms with van der Waals surface area (Å²) in [5, 5.41) is 3.73. The van der Waals surface area contributed by atoms with Crippen LogP contribution in [-0.2, 0) is 6.54 Å². The van der Waals surface area contributed by atoms with Crippen molar-refractivity contribution in [2.75, 3.05) is 0 Å². The van der Waals surface area contributed by atoms with E-state index < -0.39 is 0 Å². The Kier molecular flexibility index (Phi) is 4.16. The van der Waals surface area contributed by atoms with Gasteiger partial charge >= 0.3 is 0 Å². The Labute approximate surface area is 128 Å². The lowest BCUT2D eigenvalue weighted by molar-refractivity contribution is 0.598. The van der Waals surface area contributed by atoms with Crippen LogP contribution in [0.3, 0.4) is 0 Å². The molecule has 3 rings (SSSR count). The van der Waals surface area contributed by atoms with Gasteiger partial charge in [-0.15, -0.1) is 0 Å². The van der Waals surface area contributed by atoms with Gasteiger partial charge in [-0.1, -0.05) is 31.5 Å². The molecule has 0 amide bonds. The highest BCUT2D eigenvalue weighted by molar-refractivity contribution is 5.40. The molecule has 1 fully saturated rings. The number of hydrogen-bond acceptors (Lipinski definition) is 1. The van der Waals surface area contributed by atoms with Gasteiger partial charge in [0.05, 0.1) is 0 Å². The first-order valence-electron chi connectivity index (χ1n) is 8.17. The highest BCUT2D eigenvalue weighted by Crippen LogP contribution is 2.35. The highest BCUT2D eigenvalue weighted by atomic mass is 15.0. The van der Waals surface area contributed by atoms with Gasteiger partial charge in [0.15, 0.2) is 0 Å². The summed E-state index contributed by atoms with van der Waals surface area (Å²) < 4.78 is 2.35. The Morgan fingerprint density at radius 1 is 1.19 bits per heavy atom. The van der Waals surface area contributed by atoms with E-state index in [1.807, 2.05) is 0 Å². The summed E-state index contributed by atoms with van der Waals surface area (Å²) in [6, 6.07) is 13.7. The van der Waals surface area contributed by atoms with Gasteiger partial charge < -0.3 is 9.88 Å². The maximum Gasteiger partial charge on any atom is 0.0455 e. The Hall–Kier alpha value is -1.54.